The summed E-state index contributed by atoms with van der Waals surface area (Å²) in [6.07, 6.45) is 0. The van der Waals surface area contributed by atoms with Gasteiger partial charge in [-0.15, -0.1) is 0 Å². The number of hydrogen-bond donors (Lipinski definition) is 0. The molecule has 0 atom stereocenters. The number of halogens is 2. The predicted octanol–water partition coefficient (Wildman–Crippen LogP) is 3.85. The van der Waals surface area contributed by atoms with Crippen molar-refractivity contribution in [3.63, 3.8) is 0 Å². The summed E-state index contributed by atoms with van der Waals surface area (Å²) >= 11 is 6.59. The summed E-state index contributed by atoms with van der Waals surface area (Å²) in [4.78, 5) is 1.38. The topological polar surface area (TPSA) is 3.88 Å². The molecule has 1 nitrogen and oxygen atoms in total. The van der Waals surface area contributed by atoms with Crippen molar-refractivity contribution in [2.75, 3.05) is 0 Å². The Morgan fingerprint density at radius 1 is 1.13 bits per heavy atom. The van der Waals surface area contributed by atoms with Crippen LogP contribution >= 0.6 is 56.5 Å². The average Bonchev–Trinajstić information content (AvgIpc) is 2.49. The molecule has 2 aromatic rings. The zero-order valence-electron chi connectivity index (χ0n) is 8.42. The normalized spacial score (nSPS) is 10.7. The van der Waals surface area contributed by atoms with Crippen LogP contribution in [0.4, 0.5) is 0 Å². The highest BCUT2D eigenvalue weighted by atomic mass is 127. The van der Waals surface area contributed by atoms with E-state index in [4.69, 9.17) is 0 Å². The molecule has 0 bridgehead atoms. The molecular formula is C11H10I2NS+. The summed E-state index contributed by atoms with van der Waals surface area (Å²) < 4.78 is 4.87. The van der Waals surface area contributed by atoms with Crippen LogP contribution in [0.15, 0.2) is 23.7 Å². The second-order valence-electron chi connectivity index (χ2n) is 3.31. The summed E-state index contributed by atoms with van der Waals surface area (Å²) in [6, 6.07) is 6.40. The molecule has 1 aromatic carbocycles. The van der Waals surface area contributed by atoms with Crippen LogP contribution in [0.25, 0.3) is 5.69 Å². The van der Waals surface area contributed by atoms with Gasteiger partial charge in [-0.25, -0.2) is 0 Å². The van der Waals surface area contributed by atoms with Gasteiger partial charge in [-0.1, -0.05) is 17.4 Å². The molecule has 78 valence electrons. The van der Waals surface area contributed by atoms with Crippen LogP contribution in [0.5, 0.6) is 0 Å². The Labute approximate surface area is 121 Å². The number of aromatic nitrogens is 1. The maximum Gasteiger partial charge on any atom is 0.238 e. The number of hydrogen-bond acceptors (Lipinski definition) is 1. The van der Waals surface area contributed by atoms with E-state index in [9.17, 15) is 0 Å². The van der Waals surface area contributed by atoms with Crippen molar-refractivity contribution in [2.45, 2.75) is 13.8 Å². The Morgan fingerprint density at radius 3 is 2.20 bits per heavy atom. The van der Waals surface area contributed by atoms with Crippen LogP contribution in [0.1, 0.15) is 10.6 Å². The molecule has 2 rings (SSSR count). The van der Waals surface area contributed by atoms with Crippen molar-refractivity contribution in [2.24, 2.45) is 0 Å². The molecule has 0 aliphatic carbocycles. The molecule has 15 heavy (non-hydrogen) atoms. The van der Waals surface area contributed by atoms with Crippen molar-refractivity contribution >= 4 is 56.5 Å². The molecule has 1 aromatic heterocycles. The Kier molecular flexibility index (Phi) is 3.67. The summed E-state index contributed by atoms with van der Waals surface area (Å²) in [5.41, 5.74) is 4.83. The van der Waals surface area contributed by atoms with Crippen LogP contribution < -0.4 is 4.57 Å². The SMILES string of the molecule is Cc1sc[n+](-c2c(I)cccc2I)c1C. The van der Waals surface area contributed by atoms with Gasteiger partial charge in [0.05, 0.1) is 12.0 Å². The maximum atomic E-state index is 2.39. The van der Waals surface area contributed by atoms with Crippen molar-refractivity contribution in [3.8, 4) is 5.69 Å². The molecule has 0 saturated carbocycles. The highest BCUT2D eigenvalue weighted by molar-refractivity contribution is 14.1. The van der Waals surface area contributed by atoms with E-state index in [1.54, 1.807) is 11.3 Å². The van der Waals surface area contributed by atoms with Crippen LogP contribution in [-0.4, -0.2) is 0 Å². The van der Waals surface area contributed by atoms with Gasteiger partial charge in [0.25, 0.3) is 0 Å². The zero-order chi connectivity index (χ0) is 11.0. The minimum absolute atomic E-state index is 1.30. The van der Waals surface area contributed by atoms with E-state index in [0.717, 1.165) is 0 Å². The van der Waals surface area contributed by atoms with Crippen molar-refractivity contribution < 1.29 is 4.57 Å². The smallest absolute Gasteiger partial charge is 0.152 e. The average molecular weight is 442 g/mol. The summed E-state index contributed by atoms with van der Waals surface area (Å²) in [5.74, 6) is 0. The van der Waals surface area contributed by atoms with Gasteiger partial charge >= 0.3 is 0 Å². The van der Waals surface area contributed by atoms with E-state index >= 15 is 0 Å². The second-order valence-corrected chi connectivity index (χ2v) is 6.69. The van der Waals surface area contributed by atoms with Crippen LogP contribution in [-0.2, 0) is 0 Å². The summed E-state index contributed by atoms with van der Waals surface area (Å²) in [6.45, 7) is 4.34. The van der Waals surface area contributed by atoms with Gasteiger partial charge in [0.2, 0.25) is 11.2 Å². The molecule has 0 aliphatic rings. The fourth-order valence-corrected chi connectivity index (χ4v) is 4.23. The van der Waals surface area contributed by atoms with E-state index in [1.165, 1.54) is 23.4 Å². The Morgan fingerprint density at radius 2 is 1.73 bits per heavy atom. The van der Waals surface area contributed by atoms with E-state index < -0.39 is 0 Å². The van der Waals surface area contributed by atoms with Gasteiger partial charge in [0.1, 0.15) is 0 Å². The lowest BCUT2D eigenvalue weighted by Crippen LogP contribution is -2.33. The molecule has 0 fully saturated rings. The van der Waals surface area contributed by atoms with E-state index in [1.807, 2.05) is 0 Å². The first kappa shape index (κ1) is 11.8. The third-order valence-electron chi connectivity index (χ3n) is 2.38. The lowest BCUT2D eigenvalue weighted by atomic mass is 10.3. The molecular weight excluding hydrogens is 432 g/mol. The predicted molar refractivity (Wildman–Crippen MR) is 80.8 cm³/mol. The van der Waals surface area contributed by atoms with E-state index in [-0.39, 0.29) is 0 Å². The fourth-order valence-electron chi connectivity index (χ4n) is 1.41. The monoisotopic (exact) mass is 442 g/mol. The Hall–Kier alpha value is 0.310. The molecule has 0 spiro atoms. The van der Waals surface area contributed by atoms with Gasteiger partial charge in [-0.3, -0.25) is 0 Å². The first-order valence-electron chi connectivity index (χ1n) is 4.52. The van der Waals surface area contributed by atoms with Crippen LogP contribution in [0, 0.1) is 21.0 Å². The zero-order valence-corrected chi connectivity index (χ0v) is 13.6. The molecule has 0 radical (unpaired) electrons. The molecule has 0 N–H and O–H groups in total. The van der Waals surface area contributed by atoms with E-state index in [2.05, 4.69) is 87.3 Å². The van der Waals surface area contributed by atoms with Crippen LogP contribution in [0.3, 0.4) is 0 Å². The molecule has 0 aliphatic heterocycles. The molecule has 0 saturated heterocycles. The maximum absolute atomic E-state index is 2.39. The van der Waals surface area contributed by atoms with Gasteiger partial charge in [-0.05, 0) is 64.2 Å². The second kappa shape index (κ2) is 4.67. The Bertz CT molecular complexity index is 485. The number of benzene rings is 1. The molecule has 0 unspecified atom stereocenters. The van der Waals surface area contributed by atoms with Gasteiger partial charge in [0.15, 0.2) is 5.69 Å². The third-order valence-corrected chi connectivity index (χ3v) is 5.09. The van der Waals surface area contributed by atoms with Gasteiger partial charge in [-0.2, -0.15) is 4.57 Å². The largest absolute Gasteiger partial charge is 0.238 e. The summed E-state index contributed by atoms with van der Waals surface area (Å²) in [7, 11) is 0. The number of rotatable bonds is 1. The fraction of sp³-hybridized carbons (Fsp3) is 0.182. The van der Waals surface area contributed by atoms with Crippen molar-refractivity contribution in [1.29, 1.82) is 0 Å². The highest BCUT2D eigenvalue weighted by Gasteiger charge is 2.20. The quantitative estimate of drug-likeness (QED) is 0.467. The first-order chi connectivity index (χ1) is 7.11. The number of para-hydroxylation sites is 1. The van der Waals surface area contributed by atoms with Crippen molar-refractivity contribution in [1.82, 2.24) is 0 Å². The highest BCUT2D eigenvalue weighted by Crippen LogP contribution is 2.21. The van der Waals surface area contributed by atoms with Crippen LogP contribution in [0.2, 0.25) is 0 Å². The van der Waals surface area contributed by atoms with Crippen molar-refractivity contribution in [3.05, 3.63) is 41.4 Å². The van der Waals surface area contributed by atoms with Gasteiger partial charge < -0.3 is 0 Å². The number of nitrogens with zero attached hydrogens (tertiary/aromatic N) is 1. The molecule has 1 heterocycles. The number of aryl methyl sites for hydroxylation is 1. The van der Waals surface area contributed by atoms with E-state index in [0.29, 0.717) is 0 Å². The number of thiazole rings is 1. The first-order valence-corrected chi connectivity index (χ1v) is 7.55. The lowest BCUT2D eigenvalue weighted by Gasteiger charge is -2.00. The van der Waals surface area contributed by atoms with Gasteiger partial charge in [0, 0.05) is 6.92 Å². The minimum atomic E-state index is 1.30. The Balaban J connectivity index is 2.69. The third kappa shape index (κ3) is 2.21. The molecule has 0 amide bonds. The summed E-state index contributed by atoms with van der Waals surface area (Å²) in [5, 5.41) is 0. The standard InChI is InChI=1S/C11H10I2NS/c1-7-8(2)15-6-14(7)11-9(12)4-3-5-10(11)13/h3-6H,1-2H3/q+1. The lowest BCUT2D eigenvalue weighted by molar-refractivity contribution is -0.599. The molecule has 4 heteroatoms. The minimum Gasteiger partial charge on any atom is -0.152 e.